The molecule has 3 N–H and O–H groups in total. The Morgan fingerprint density at radius 3 is 2.80 bits per heavy atom. The van der Waals surface area contributed by atoms with E-state index in [0.29, 0.717) is 5.92 Å². The van der Waals surface area contributed by atoms with Crippen LogP contribution in [0.1, 0.15) is 60.1 Å². The zero-order valence-corrected chi connectivity index (χ0v) is 28.1. The smallest absolute Gasteiger partial charge is 0.296 e. The molecule has 0 spiro atoms. The molecule has 2 aromatic rings. The van der Waals surface area contributed by atoms with Crippen molar-refractivity contribution in [2.75, 3.05) is 6.61 Å². The Balaban J connectivity index is 1.40. The predicted octanol–water partition coefficient (Wildman–Crippen LogP) is 4.98. The molecule has 3 aliphatic rings. The zero-order valence-electron chi connectivity index (χ0n) is 24.6. The molecule has 2 aromatic heterocycles. The number of fused-ring (bicyclic) bond motifs is 2. The summed E-state index contributed by atoms with van der Waals surface area (Å²) in [6.07, 6.45) is 0.738. The number of rotatable bonds is 7. The van der Waals surface area contributed by atoms with Gasteiger partial charge in [-0.1, -0.05) is 44.3 Å². The molecule has 0 bridgehead atoms. The lowest BCUT2D eigenvalue weighted by atomic mass is 9.77. The number of hydrogen-bond donors (Lipinski definition) is 3. The molecule has 4 heterocycles. The van der Waals surface area contributed by atoms with Gasteiger partial charge >= 0.3 is 0 Å². The molecule has 0 aromatic carbocycles. The second-order valence-electron chi connectivity index (χ2n) is 13.2. The summed E-state index contributed by atoms with van der Waals surface area (Å²) in [5.74, 6) is 0.414. The Bertz CT molecular complexity index is 1450. The lowest BCUT2D eigenvalue weighted by molar-refractivity contribution is -0.0475. The second kappa shape index (κ2) is 10.8. The van der Waals surface area contributed by atoms with Crippen molar-refractivity contribution in [2.24, 2.45) is 5.92 Å². The molecule has 5 rings (SSSR count). The average Bonchev–Trinajstić information content (AvgIpc) is 3.48. The van der Waals surface area contributed by atoms with Gasteiger partial charge < -0.3 is 28.4 Å². The lowest BCUT2D eigenvalue weighted by Crippen LogP contribution is -2.49. The van der Waals surface area contributed by atoms with E-state index in [1.54, 1.807) is 11.4 Å². The van der Waals surface area contributed by atoms with E-state index >= 15 is 0 Å². The number of ether oxygens (including phenoxy) is 1. The molecule has 11 nitrogen and oxygen atoms in total. The monoisotopic (exact) mass is 644 g/mol. The number of allylic oxidation sites excluding steroid dienone is 1. The Morgan fingerprint density at radius 2 is 2.15 bits per heavy atom. The standard InChI is InChI=1S/C26H41N4O7PS2Si/c1-14(2)15-9-10-26(6)17(11-15)36-38(39,40-26)34-12-16-20(37-41(7,8)25(3,4)5)19(31)23(35-16)30-13-27-18-21(30)28-24(33)29-22(18)32/h13,15-17,19-20,23,31H,1,9-12H2,2-8H3,(H2,28,29,32,33)/t15-,16+,17+,19+,20+,23+,26+,38+/m0/s1. The highest BCUT2D eigenvalue weighted by Crippen LogP contribution is 2.75. The maximum atomic E-state index is 12.3. The van der Waals surface area contributed by atoms with Crippen LogP contribution in [0.15, 0.2) is 23.3 Å². The van der Waals surface area contributed by atoms with Crippen LogP contribution in [0.2, 0.25) is 18.1 Å². The van der Waals surface area contributed by atoms with Crippen LogP contribution in [0.25, 0.3) is 11.2 Å². The van der Waals surface area contributed by atoms with Gasteiger partial charge in [0.1, 0.15) is 18.3 Å². The normalized spacial score (nSPS) is 36.1. The van der Waals surface area contributed by atoms with Gasteiger partial charge in [-0.15, -0.1) is 0 Å². The van der Waals surface area contributed by atoms with Crippen molar-refractivity contribution in [1.29, 1.82) is 0 Å². The number of aromatic nitrogens is 4. The van der Waals surface area contributed by atoms with Gasteiger partial charge in [-0.2, -0.15) is 4.98 Å². The zero-order chi connectivity index (χ0) is 30.1. The molecule has 2 aliphatic heterocycles. The molecule has 0 amide bonds. The third kappa shape index (κ3) is 5.88. The van der Waals surface area contributed by atoms with E-state index in [2.05, 4.69) is 69.2 Å². The van der Waals surface area contributed by atoms with Gasteiger partial charge in [-0.05, 0) is 69.0 Å². The minimum Gasteiger partial charge on any atom is -0.480 e. The number of aliphatic hydroxyl groups is 1. The fourth-order valence-corrected chi connectivity index (χ4v) is 13.9. The SMILES string of the molecule is C=C(C)[C@H]1CC[C@@]2(C)S[P@](=S)(OC[C@H]3O[C@@H](n4cnc5c(=O)[nH]c(O)nc54)[C@H](O)[C@@H]3O[Si](C)(C)C(C)(C)C)O[C@@H]2C1. The maximum absolute atomic E-state index is 12.3. The van der Waals surface area contributed by atoms with Crippen LogP contribution in [-0.4, -0.2) is 73.8 Å². The first-order chi connectivity index (χ1) is 18.9. The summed E-state index contributed by atoms with van der Waals surface area (Å²) in [5, 5.41) is 21.4. The number of aliphatic hydroxyl groups excluding tert-OH is 1. The number of hydrogen-bond acceptors (Lipinski definition) is 11. The summed E-state index contributed by atoms with van der Waals surface area (Å²) < 4.78 is 27.3. The highest BCUT2D eigenvalue weighted by atomic mass is 32.9. The minimum atomic E-state index is -2.71. The Hall–Kier alpha value is -1.09. The molecule has 2 saturated heterocycles. The van der Waals surface area contributed by atoms with Gasteiger partial charge in [0.15, 0.2) is 25.7 Å². The van der Waals surface area contributed by atoms with Crippen molar-refractivity contribution in [2.45, 2.75) is 107 Å². The average molecular weight is 645 g/mol. The molecule has 1 aliphatic carbocycles. The van der Waals surface area contributed by atoms with Crippen LogP contribution in [0.4, 0.5) is 0 Å². The number of imidazole rings is 1. The Labute approximate surface area is 250 Å². The summed E-state index contributed by atoms with van der Waals surface area (Å²) in [5.41, 5.74) is -2.02. The van der Waals surface area contributed by atoms with E-state index < -0.39 is 50.1 Å². The van der Waals surface area contributed by atoms with E-state index in [4.69, 9.17) is 30.0 Å². The fraction of sp³-hybridized carbons (Fsp3) is 0.731. The van der Waals surface area contributed by atoms with E-state index in [-0.39, 0.29) is 33.7 Å². The first-order valence-corrected chi connectivity index (χ1v) is 20.9. The molecular weight excluding hydrogens is 604 g/mol. The van der Waals surface area contributed by atoms with Crippen molar-refractivity contribution in [3.8, 4) is 6.01 Å². The van der Waals surface area contributed by atoms with Gasteiger partial charge in [0.2, 0.25) is 5.69 Å². The second-order valence-corrected chi connectivity index (χ2v) is 24.5. The number of aromatic amines is 1. The number of aromatic hydroxyl groups is 1. The molecule has 228 valence electrons. The van der Waals surface area contributed by atoms with Gasteiger partial charge in [-0.3, -0.25) is 14.3 Å². The van der Waals surface area contributed by atoms with E-state index in [0.717, 1.165) is 19.3 Å². The largest absolute Gasteiger partial charge is 0.480 e. The van der Waals surface area contributed by atoms with Crippen molar-refractivity contribution in [1.82, 2.24) is 19.5 Å². The van der Waals surface area contributed by atoms with Crippen LogP contribution >= 0.6 is 17.1 Å². The topological polar surface area (TPSA) is 141 Å². The minimum absolute atomic E-state index is 0.00921. The highest BCUT2D eigenvalue weighted by Gasteiger charge is 2.55. The van der Waals surface area contributed by atoms with Gasteiger partial charge in [-0.25, -0.2) is 4.98 Å². The highest BCUT2D eigenvalue weighted by molar-refractivity contribution is 8.68. The Morgan fingerprint density at radius 1 is 1.44 bits per heavy atom. The lowest BCUT2D eigenvalue weighted by Gasteiger charge is -2.40. The summed E-state index contributed by atoms with van der Waals surface area (Å²) in [7, 11) is -2.37. The number of nitrogens with one attached hydrogen (secondary N) is 1. The molecule has 3 fully saturated rings. The number of nitrogens with zero attached hydrogens (tertiary/aromatic N) is 3. The summed E-state index contributed by atoms with van der Waals surface area (Å²) in [4.78, 5) is 22.7. The summed E-state index contributed by atoms with van der Waals surface area (Å²) in [6, 6.07) is -0.553. The summed E-state index contributed by atoms with van der Waals surface area (Å²) >= 11 is 7.63. The Kier molecular flexibility index (Phi) is 8.26. The van der Waals surface area contributed by atoms with Crippen LogP contribution in [0.5, 0.6) is 6.01 Å². The first kappa shape index (κ1) is 31.3. The van der Waals surface area contributed by atoms with Crippen molar-refractivity contribution in [3.63, 3.8) is 0 Å². The van der Waals surface area contributed by atoms with Crippen LogP contribution in [-0.2, 0) is 30.0 Å². The van der Waals surface area contributed by atoms with Crippen molar-refractivity contribution < 1.29 is 28.4 Å². The molecule has 41 heavy (non-hydrogen) atoms. The maximum Gasteiger partial charge on any atom is 0.296 e. The molecule has 1 saturated carbocycles. The molecule has 0 unspecified atom stereocenters. The quantitative estimate of drug-likeness (QED) is 0.213. The first-order valence-electron chi connectivity index (χ1n) is 13.9. The van der Waals surface area contributed by atoms with E-state index in [9.17, 15) is 15.0 Å². The van der Waals surface area contributed by atoms with Crippen molar-refractivity contribution in [3.05, 3.63) is 28.8 Å². The number of H-pyrrole nitrogens is 1. The van der Waals surface area contributed by atoms with Gasteiger partial charge in [0, 0.05) is 4.75 Å². The van der Waals surface area contributed by atoms with Crippen LogP contribution < -0.4 is 5.56 Å². The van der Waals surface area contributed by atoms with E-state index in [1.807, 2.05) is 0 Å². The van der Waals surface area contributed by atoms with E-state index in [1.165, 1.54) is 16.5 Å². The van der Waals surface area contributed by atoms with Crippen LogP contribution in [0, 0.1) is 5.92 Å². The van der Waals surface area contributed by atoms with Gasteiger partial charge in [0.25, 0.3) is 11.6 Å². The molecule has 15 heteroatoms. The van der Waals surface area contributed by atoms with Crippen LogP contribution in [0.3, 0.4) is 0 Å². The predicted molar refractivity (Wildman–Crippen MR) is 165 cm³/mol. The molecule has 0 radical (unpaired) electrons. The third-order valence-electron chi connectivity index (χ3n) is 9.08. The molecule has 8 atom stereocenters. The molecular formula is C26H41N4O7PS2Si. The summed E-state index contributed by atoms with van der Waals surface area (Å²) in [6.45, 7) is 19.1. The van der Waals surface area contributed by atoms with Crippen molar-refractivity contribution >= 4 is 48.4 Å². The van der Waals surface area contributed by atoms with Gasteiger partial charge in [0.05, 0.1) is 19.0 Å². The third-order valence-corrected chi connectivity index (χ3v) is 19.4. The fourth-order valence-electron chi connectivity index (χ4n) is 5.45.